The molecule has 1 aromatic heterocycles. The van der Waals surface area contributed by atoms with Crippen LogP contribution in [0.15, 0.2) is 53.4 Å². The third-order valence-electron chi connectivity index (χ3n) is 5.84. The van der Waals surface area contributed by atoms with Crippen molar-refractivity contribution < 1.29 is 24.0 Å². The van der Waals surface area contributed by atoms with Crippen molar-refractivity contribution in [2.45, 2.75) is 37.0 Å². The number of nitrogens with one attached hydrogen (secondary N) is 2. The minimum Gasteiger partial charge on any atom is -0.465 e. The Hall–Kier alpha value is -3.70. The number of aryl methyl sites for hydroxylation is 1. The van der Waals surface area contributed by atoms with Crippen LogP contribution in [0, 0.1) is 10.1 Å². The number of nitrogens with zero attached hydrogens (tertiary/aromatic N) is 1. The number of fused-ring (bicyclic) bond motifs is 1. The summed E-state index contributed by atoms with van der Waals surface area (Å²) in [4.78, 5) is 50.1. The van der Waals surface area contributed by atoms with Gasteiger partial charge in [-0.25, -0.2) is 4.79 Å². The largest absolute Gasteiger partial charge is 0.465 e. The number of rotatable bonds is 8. The third kappa shape index (κ3) is 6.55. The second-order valence-corrected chi connectivity index (χ2v) is 10.5. The van der Waals surface area contributed by atoms with Crippen LogP contribution < -0.4 is 10.6 Å². The van der Waals surface area contributed by atoms with E-state index in [1.54, 1.807) is 18.2 Å². The summed E-state index contributed by atoms with van der Waals surface area (Å²) in [7, 11) is 1.34. The van der Waals surface area contributed by atoms with Gasteiger partial charge in [-0.3, -0.25) is 19.7 Å². The normalized spacial score (nSPS) is 12.7. The summed E-state index contributed by atoms with van der Waals surface area (Å²) >= 11 is 2.73. The van der Waals surface area contributed by atoms with Gasteiger partial charge in [-0.05, 0) is 55.5 Å². The number of carbonyl (C=O) groups is 3. The lowest BCUT2D eigenvalue weighted by Gasteiger charge is -2.09. The number of nitro groups is 1. The number of hydrogen-bond donors (Lipinski definition) is 2. The molecular formula is C26H25N3O6S2. The second kappa shape index (κ2) is 12.0. The molecule has 1 aliphatic rings. The number of nitro benzene ring substituents is 1. The molecule has 4 rings (SSSR count). The molecule has 0 saturated heterocycles. The number of esters is 1. The van der Waals surface area contributed by atoms with E-state index in [2.05, 4.69) is 10.6 Å². The lowest BCUT2D eigenvalue weighted by molar-refractivity contribution is -0.384. The predicted octanol–water partition coefficient (Wildman–Crippen LogP) is 5.69. The van der Waals surface area contributed by atoms with Crippen molar-refractivity contribution >= 4 is 57.3 Å². The zero-order valence-corrected chi connectivity index (χ0v) is 21.7. The average molecular weight is 540 g/mol. The maximum atomic E-state index is 12.8. The highest BCUT2D eigenvalue weighted by molar-refractivity contribution is 8.00. The average Bonchev–Trinajstić information content (AvgIpc) is 3.06. The molecule has 2 amide bonds. The smallest absolute Gasteiger partial charge is 0.341 e. The minimum absolute atomic E-state index is 0.103. The summed E-state index contributed by atoms with van der Waals surface area (Å²) in [6.45, 7) is 0. The Balaban J connectivity index is 1.40. The van der Waals surface area contributed by atoms with Crippen molar-refractivity contribution in [3.63, 3.8) is 0 Å². The molecule has 0 unspecified atom stereocenters. The van der Waals surface area contributed by atoms with Gasteiger partial charge in [-0.1, -0.05) is 18.6 Å². The van der Waals surface area contributed by atoms with Gasteiger partial charge >= 0.3 is 5.97 Å². The molecule has 192 valence electrons. The van der Waals surface area contributed by atoms with Crippen LogP contribution in [-0.2, 0) is 22.4 Å². The van der Waals surface area contributed by atoms with Gasteiger partial charge < -0.3 is 15.4 Å². The lowest BCUT2D eigenvalue weighted by Crippen LogP contribution is -2.16. The van der Waals surface area contributed by atoms with Gasteiger partial charge in [0.15, 0.2) is 0 Å². The molecule has 0 atom stereocenters. The molecular weight excluding hydrogens is 514 g/mol. The summed E-state index contributed by atoms with van der Waals surface area (Å²) < 4.78 is 4.99. The Morgan fingerprint density at radius 3 is 2.62 bits per heavy atom. The number of carbonyl (C=O) groups excluding carboxylic acids is 3. The van der Waals surface area contributed by atoms with E-state index in [4.69, 9.17) is 4.74 Å². The molecule has 0 radical (unpaired) electrons. The standard InChI is InChI=1S/C26H25N3O6S2/c1-35-26(32)23-20-11-3-2-4-12-21(20)37-25(23)28-22(30)15-36-19-10-6-8-17(14-19)27-24(31)16-7-5-9-18(13-16)29(33)34/h5-10,13-14H,2-4,11-12,15H2,1H3,(H,27,31)(H,28,30). The zero-order valence-electron chi connectivity index (χ0n) is 20.1. The summed E-state index contributed by atoms with van der Waals surface area (Å²) in [6, 6.07) is 12.5. The van der Waals surface area contributed by atoms with Crippen LogP contribution in [-0.4, -0.2) is 35.6 Å². The first-order valence-corrected chi connectivity index (χ1v) is 13.5. The highest BCUT2D eigenvalue weighted by Crippen LogP contribution is 2.38. The van der Waals surface area contributed by atoms with Crippen LogP contribution in [0.3, 0.4) is 0 Å². The summed E-state index contributed by atoms with van der Waals surface area (Å²) in [5.74, 6) is -1.06. The number of methoxy groups -OCH3 is 1. The Kier molecular flexibility index (Phi) is 8.57. The third-order valence-corrected chi connectivity index (χ3v) is 8.05. The summed E-state index contributed by atoms with van der Waals surface area (Å²) in [6.07, 6.45) is 4.88. The van der Waals surface area contributed by atoms with Crippen molar-refractivity contribution in [2.24, 2.45) is 0 Å². The number of thioether (sulfide) groups is 1. The van der Waals surface area contributed by atoms with Crippen LogP contribution >= 0.6 is 23.1 Å². The first-order chi connectivity index (χ1) is 17.9. The van der Waals surface area contributed by atoms with Gasteiger partial charge in [-0.2, -0.15) is 0 Å². The second-order valence-electron chi connectivity index (χ2n) is 8.39. The van der Waals surface area contributed by atoms with Crippen LogP contribution in [0.2, 0.25) is 0 Å². The van der Waals surface area contributed by atoms with Crippen LogP contribution in [0.5, 0.6) is 0 Å². The van der Waals surface area contributed by atoms with Crippen LogP contribution in [0.4, 0.5) is 16.4 Å². The molecule has 0 aliphatic heterocycles. The molecule has 3 aromatic rings. The Morgan fingerprint density at radius 1 is 1.05 bits per heavy atom. The summed E-state index contributed by atoms with van der Waals surface area (Å²) in [5.41, 5.74) is 1.96. The van der Waals surface area contributed by atoms with Gasteiger partial charge in [0.1, 0.15) is 5.00 Å². The quantitative estimate of drug-likeness (QED) is 0.124. The zero-order chi connectivity index (χ0) is 26.4. The Labute approximate surface area is 221 Å². The number of anilines is 2. The molecule has 2 aromatic carbocycles. The number of amides is 2. The fourth-order valence-corrected chi connectivity index (χ4v) is 6.14. The van der Waals surface area contributed by atoms with Gasteiger partial charge in [-0.15, -0.1) is 23.1 Å². The first-order valence-electron chi connectivity index (χ1n) is 11.7. The Morgan fingerprint density at radius 2 is 1.84 bits per heavy atom. The molecule has 11 heteroatoms. The fourth-order valence-electron chi connectivity index (χ4n) is 4.09. The molecule has 1 heterocycles. The highest BCUT2D eigenvalue weighted by atomic mass is 32.2. The predicted molar refractivity (Wildman–Crippen MR) is 144 cm³/mol. The maximum Gasteiger partial charge on any atom is 0.341 e. The monoisotopic (exact) mass is 539 g/mol. The van der Waals surface area contributed by atoms with E-state index in [0.29, 0.717) is 16.3 Å². The fraction of sp³-hybridized carbons (Fsp3) is 0.269. The first kappa shape index (κ1) is 26.4. The number of ether oxygens (including phenoxy) is 1. The van der Waals surface area contributed by atoms with E-state index in [0.717, 1.165) is 47.4 Å². The molecule has 0 saturated carbocycles. The molecule has 1 aliphatic carbocycles. The molecule has 37 heavy (non-hydrogen) atoms. The van der Waals surface area contributed by atoms with Gasteiger partial charge in [0.05, 0.1) is 23.3 Å². The van der Waals surface area contributed by atoms with Crippen LogP contribution in [0.25, 0.3) is 0 Å². The number of non-ortho nitro benzene ring substituents is 1. The van der Waals surface area contributed by atoms with Crippen molar-refractivity contribution in [1.82, 2.24) is 0 Å². The SMILES string of the molecule is COC(=O)c1c(NC(=O)CSc2cccc(NC(=O)c3cccc([N+](=O)[O-])c3)c2)sc2c1CCCCC2. The minimum atomic E-state index is -0.556. The van der Waals surface area contributed by atoms with Crippen molar-refractivity contribution in [1.29, 1.82) is 0 Å². The number of hydrogen-bond acceptors (Lipinski definition) is 8. The van der Waals surface area contributed by atoms with Gasteiger partial charge in [0.2, 0.25) is 5.91 Å². The van der Waals surface area contributed by atoms with E-state index in [1.165, 1.54) is 54.5 Å². The topological polar surface area (TPSA) is 128 Å². The maximum absolute atomic E-state index is 12.8. The summed E-state index contributed by atoms with van der Waals surface area (Å²) in [5, 5.41) is 17.1. The van der Waals surface area contributed by atoms with E-state index in [-0.39, 0.29) is 22.9 Å². The number of benzene rings is 2. The van der Waals surface area contributed by atoms with Crippen molar-refractivity contribution in [3.8, 4) is 0 Å². The van der Waals surface area contributed by atoms with Crippen molar-refractivity contribution in [2.75, 3.05) is 23.5 Å². The van der Waals surface area contributed by atoms with E-state index in [1.807, 2.05) is 6.07 Å². The lowest BCUT2D eigenvalue weighted by atomic mass is 10.1. The van der Waals surface area contributed by atoms with E-state index in [9.17, 15) is 24.5 Å². The van der Waals surface area contributed by atoms with Crippen molar-refractivity contribution in [3.05, 3.63) is 80.2 Å². The van der Waals surface area contributed by atoms with Gasteiger partial charge in [0, 0.05) is 33.2 Å². The Bertz CT molecular complexity index is 1350. The molecule has 0 spiro atoms. The van der Waals surface area contributed by atoms with E-state index >= 15 is 0 Å². The molecule has 0 fully saturated rings. The molecule has 2 N–H and O–H groups in total. The number of thiophene rings is 1. The van der Waals surface area contributed by atoms with Gasteiger partial charge in [0.25, 0.3) is 11.6 Å². The highest BCUT2D eigenvalue weighted by Gasteiger charge is 2.26. The van der Waals surface area contributed by atoms with Crippen LogP contribution in [0.1, 0.15) is 50.4 Å². The molecule has 0 bridgehead atoms. The molecule has 9 nitrogen and oxygen atoms in total. The van der Waals surface area contributed by atoms with E-state index < -0.39 is 16.8 Å².